The number of aromatic nitrogens is 2. The molecule has 9 nitrogen and oxygen atoms in total. The van der Waals surface area contributed by atoms with Crippen LogP contribution in [0.25, 0.3) is 11.4 Å². The van der Waals surface area contributed by atoms with E-state index in [0.717, 1.165) is 26.3 Å². The molecular weight excluding hydrogens is 480 g/mol. The molecular formula is C20H19F2N3O6S2. The van der Waals surface area contributed by atoms with E-state index in [-0.39, 0.29) is 22.1 Å². The summed E-state index contributed by atoms with van der Waals surface area (Å²) in [6.45, 7) is 2.08. The van der Waals surface area contributed by atoms with E-state index in [1.54, 1.807) is 20.0 Å². The summed E-state index contributed by atoms with van der Waals surface area (Å²) in [5.74, 6) is -4.87. The Bertz CT molecular complexity index is 1280. The summed E-state index contributed by atoms with van der Waals surface area (Å²) in [4.78, 5) is 24.1. The molecule has 2 heterocycles. The van der Waals surface area contributed by atoms with Crippen LogP contribution in [0.4, 0.5) is 8.78 Å². The number of nitrogens with zero attached hydrogens (tertiary/aromatic N) is 2. The van der Waals surface area contributed by atoms with Crippen LogP contribution in [0, 0.1) is 18.6 Å². The zero-order chi connectivity index (χ0) is 24.8. The molecule has 0 aliphatic heterocycles. The lowest BCUT2D eigenvalue weighted by atomic mass is 10.2. The van der Waals surface area contributed by atoms with E-state index in [9.17, 15) is 26.8 Å². The van der Waals surface area contributed by atoms with Gasteiger partial charge in [0.1, 0.15) is 4.21 Å². The maximum atomic E-state index is 14.2. The van der Waals surface area contributed by atoms with E-state index in [1.807, 2.05) is 0 Å². The number of halogens is 2. The first-order chi connectivity index (χ1) is 15.5. The second-order valence-electron chi connectivity index (χ2n) is 6.36. The van der Waals surface area contributed by atoms with Gasteiger partial charge in [-0.2, -0.15) is 8.42 Å². The fraction of sp³-hybridized carbons (Fsp3) is 0.150. The smallest absolute Gasteiger partial charge is 0.328 e. The molecule has 3 N–H and O–H groups in total. The molecule has 0 aliphatic carbocycles. The van der Waals surface area contributed by atoms with Crippen LogP contribution in [-0.2, 0) is 26.2 Å². The second-order valence-corrected chi connectivity index (χ2v) is 9.69. The number of carboxylic acids is 2. The van der Waals surface area contributed by atoms with Crippen molar-refractivity contribution in [2.24, 2.45) is 0 Å². The van der Waals surface area contributed by atoms with Crippen LogP contribution in [0.15, 0.2) is 52.9 Å². The van der Waals surface area contributed by atoms with E-state index in [2.05, 4.69) is 10.3 Å². The van der Waals surface area contributed by atoms with Crippen molar-refractivity contribution in [1.82, 2.24) is 14.3 Å². The summed E-state index contributed by atoms with van der Waals surface area (Å²) < 4.78 is 54.7. The van der Waals surface area contributed by atoms with Crippen LogP contribution in [0.1, 0.15) is 10.6 Å². The lowest BCUT2D eigenvalue weighted by Gasteiger charge is -2.08. The Balaban J connectivity index is 0.000000414. The molecule has 0 amide bonds. The quantitative estimate of drug-likeness (QED) is 0.422. The van der Waals surface area contributed by atoms with Gasteiger partial charge >= 0.3 is 11.9 Å². The molecule has 3 aromatic rings. The minimum Gasteiger partial charge on any atom is -0.478 e. The van der Waals surface area contributed by atoms with Crippen LogP contribution in [0.3, 0.4) is 0 Å². The average molecular weight is 500 g/mol. The van der Waals surface area contributed by atoms with Crippen molar-refractivity contribution in [3.63, 3.8) is 0 Å². The Hall–Kier alpha value is -3.42. The number of imidazole rings is 1. The first kappa shape index (κ1) is 25.8. The molecule has 3 rings (SSSR count). The van der Waals surface area contributed by atoms with E-state index in [0.29, 0.717) is 17.8 Å². The molecule has 1 aromatic carbocycles. The third kappa shape index (κ3) is 6.54. The van der Waals surface area contributed by atoms with Gasteiger partial charge in [-0.15, -0.1) is 11.3 Å². The number of benzene rings is 1. The number of nitrogens with one attached hydrogen (secondary N) is 1. The number of hydrogen-bond donors (Lipinski definition) is 3. The fourth-order valence-corrected chi connectivity index (χ4v) is 5.21. The minimum absolute atomic E-state index is 0.108. The first-order valence-corrected chi connectivity index (χ1v) is 11.4. The summed E-state index contributed by atoms with van der Waals surface area (Å²) in [7, 11) is -2.29. The molecule has 33 heavy (non-hydrogen) atoms. The number of carbonyl (C=O) groups is 2. The summed E-state index contributed by atoms with van der Waals surface area (Å²) in [5.41, 5.74) is 0.192. The van der Waals surface area contributed by atoms with Gasteiger partial charge in [0.15, 0.2) is 17.5 Å². The van der Waals surface area contributed by atoms with Crippen molar-refractivity contribution in [2.45, 2.75) is 17.7 Å². The van der Waals surface area contributed by atoms with E-state index in [4.69, 9.17) is 10.2 Å². The monoisotopic (exact) mass is 499 g/mol. The van der Waals surface area contributed by atoms with Gasteiger partial charge < -0.3 is 15.5 Å². The second kappa shape index (κ2) is 10.9. The number of hydrogen-bond acceptors (Lipinski definition) is 7. The van der Waals surface area contributed by atoms with Gasteiger partial charge in [-0.3, -0.25) is 0 Å². The predicted octanol–water partition coefficient (Wildman–Crippen LogP) is 2.87. The lowest BCUT2D eigenvalue weighted by Crippen LogP contribution is -2.13. The zero-order valence-electron chi connectivity index (χ0n) is 17.3. The summed E-state index contributed by atoms with van der Waals surface area (Å²) in [6.07, 6.45) is 2.44. The largest absolute Gasteiger partial charge is 0.478 e. The minimum atomic E-state index is -3.97. The molecule has 0 saturated heterocycles. The summed E-state index contributed by atoms with van der Waals surface area (Å²) in [5, 5.41) is 18.5. The van der Waals surface area contributed by atoms with Crippen molar-refractivity contribution in [3.05, 3.63) is 70.9 Å². The Labute approximate surface area is 191 Å². The normalized spacial score (nSPS) is 11.3. The Morgan fingerprint density at radius 1 is 1.15 bits per heavy atom. The molecule has 0 aliphatic rings. The van der Waals surface area contributed by atoms with Gasteiger partial charge in [0, 0.05) is 29.8 Å². The van der Waals surface area contributed by atoms with Gasteiger partial charge in [0.2, 0.25) is 0 Å². The van der Waals surface area contributed by atoms with Crippen LogP contribution >= 0.6 is 11.3 Å². The fourth-order valence-electron chi connectivity index (χ4n) is 2.51. The highest BCUT2D eigenvalue weighted by molar-refractivity contribution is 7.92. The van der Waals surface area contributed by atoms with Gasteiger partial charge in [-0.25, -0.2) is 27.3 Å². The van der Waals surface area contributed by atoms with Gasteiger partial charge in [0.05, 0.1) is 11.3 Å². The Morgan fingerprint density at radius 2 is 1.79 bits per heavy atom. The molecule has 0 bridgehead atoms. The molecule has 0 atom stereocenters. The van der Waals surface area contributed by atoms with Crippen LogP contribution in [0.5, 0.6) is 0 Å². The van der Waals surface area contributed by atoms with Crippen molar-refractivity contribution < 1.29 is 37.0 Å². The highest BCUT2D eigenvalue weighted by Gasteiger charge is 2.26. The topological polar surface area (TPSA) is 139 Å². The van der Waals surface area contributed by atoms with E-state index in [1.165, 1.54) is 24.4 Å². The highest BCUT2D eigenvalue weighted by atomic mass is 32.2. The lowest BCUT2D eigenvalue weighted by molar-refractivity contribution is -0.134. The van der Waals surface area contributed by atoms with Crippen LogP contribution < -0.4 is 5.32 Å². The van der Waals surface area contributed by atoms with Crippen molar-refractivity contribution >= 4 is 33.3 Å². The Morgan fingerprint density at radius 3 is 2.30 bits per heavy atom. The number of thiophene rings is 1. The molecule has 2 aromatic heterocycles. The molecule has 176 valence electrons. The van der Waals surface area contributed by atoms with Crippen molar-refractivity contribution in [1.29, 1.82) is 0 Å². The summed E-state index contributed by atoms with van der Waals surface area (Å²) >= 11 is 1.10. The SMILES string of the molecule is CNCc1cn(S(=O)(=O)c2ccc(C)s2)c(-c2cccc(F)c2F)n1.O=C(O)C=CC(=O)O. The average Bonchev–Trinajstić information content (AvgIpc) is 3.36. The number of rotatable bonds is 7. The van der Waals surface area contributed by atoms with Gasteiger partial charge in [-0.1, -0.05) is 6.07 Å². The molecule has 0 fully saturated rings. The predicted molar refractivity (Wildman–Crippen MR) is 116 cm³/mol. The number of aryl methyl sites for hydroxylation is 1. The number of carboxylic acid groups (broad SMARTS) is 2. The van der Waals surface area contributed by atoms with Crippen LogP contribution in [-0.4, -0.2) is 46.6 Å². The summed E-state index contributed by atoms with van der Waals surface area (Å²) in [6, 6.07) is 6.75. The Kier molecular flexibility index (Phi) is 8.56. The number of aliphatic carboxylic acids is 2. The standard InChI is InChI=1S/C16H15F2N3O2S2.C4H4O4/c1-10-6-7-14(24-10)25(22,23)21-9-11(8-19-2)20-16(21)12-4-3-5-13(17)15(12)18;5-3(6)1-2-4(7)8/h3-7,9,19H,8H2,1-2H3;1-2H,(H,5,6)(H,7,8). The van der Waals surface area contributed by atoms with Gasteiger partial charge in [0.25, 0.3) is 10.0 Å². The van der Waals surface area contributed by atoms with E-state index >= 15 is 0 Å². The molecule has 0 saturated carbocycles. The first-order valence-electron chi connectivity index (χ1n) is 9.10. The highest BCUT2D eigenvalue weighted by Crippen LogP contribution is 2.30. The molecule has 13 heteroatoms. The molecule has 0 unspecified atom stereocenters. The molecule has 0 spiro atoms. The zero-order valence-corrected chi connectivity index (χ0v) is 19.0. The third-order valence-corrected chi connectivity index (χ3v) is 6.99. The third-order valence-electron chi connectivity index (χ3n) is 3.87. The van der Waals surface area contributed by atoms with Crippen molar-refractivity contribution in [2.75, 3.05) is 7.05 Å². The van der Waals surface area contributed by atoms with E-state index < -0.39 is 33.6 Å². The van der Waals surface area contributed by atoms with Gasteiger partial charge in [-0.05, 0) is 38.2 Å². The molecule has 0 radical (unpaired) electrons. The van der Waals surface area contributed by atoms with Crippen molar-refractivity contribution in [3.8, 4) is 11.4 Å². The maximum Gasteiger partial charge on any atom is 0.328 e. The maximum absolute atomic E-state index is 14.2. The van der Waals surface area contributed by atoms with Crippen LogP contribution in [0.2, 0.25) is 0 Å².